The first-order chi connectivity index (χ1) is 12.6. The summed E-state index contributed by atoms with van der Waals surface area (Å²) in [5, 5.41) is 0. The predicted molar refractivity (Wildman–Crippen MR) is 96.0 cm³/mol. The van der Waals surface area contributed by atoms with Crippen molar-refractivity contribution in [3.63, 3.8) is 0 Å². The van der Waals surface area contributed by atoms with E-state index < -0.39 is 0 Å². The van der Waals surface area contributed by atoms with Gasteiger partial charge in [0.1, 0.15) is 5.82 Å². The van der Waals surface area contributed by atoms with E-state index in [1.54, 1.807) is 12.1 Å². The van der Waals surface area contributed by atoms with Crippen LogP contribution in [-0.4, -0.2) is 61.0 Å². The number of carbonyl (C=O) groups excluding carboxylic acids is 2. The van der Waals surface area contributed by atoms with E-state index in [4.69, 9.17) is 4.74 Å². The third-order valence-electron chi connectivity index (χ3n) is 5.31. The van der Waals surface area contributed by atoms with Crippen molar-refractivity contribution in [2.24, 2.45) is 5.92 Å². The van der Waals surface area contributed by atoms with Gasteiger partial charge in [-0.25, -0.2) is 4.39 Å². The highest BCUT2D eigenvalue weighted by atomic mass is 19.1. The molecule has 0 saturated carbocycles. The summed E-state index contributed by atoms with van der Waals surface area (Å²) in [5.41, 5.74) is 0.662. The highest BCUT2D eigenvalue weighted by molar-refractivity contribution is 5.80. The van der Waals surface area contributed by atoms with Crippen LogP contribution in [0.5, 0.6) is 0 Å². The number of hydrogen-bond donors (Lipinski definition) is 0. The van der Waals surface area contributed by atoms with Gasteiger partial charge in [-0.3, -0.25) is 9.59 Å². The Balaban J connectivity index is 1.39. The van der Waals surface area contributed by atoms with Gasteiger partial charge in [-0.2, -0.15) is 0 Å². The van der Waals surface area contributed by atoms with Crippen LogP contribution in [0.15, 0.2) is 24.3 Å². The van der Waals surface area contributed by atoms with Gasteiger partial charge in [-0.05, 0) is 37.3 Å². The summed E-state index contributed by atoms with van der Waals surface area (Å²) in [6, 6.07) is 6.71. The molecular weight excluding hydrogens is 335 g/mol. The van der Waals surface area contributed by atoms with Crippen LogP contribution < -0.4 is 0 Å². The largest absolute Gasteiger partial charge is 0.378 e. The van der Waals surface area contributed by atoms with Gasteiger partial charge in [0, 0.05) is 38.5 Å². The van der Waals surface area contributed by atoms with Crippen molar-refractivity contribution >= 4 is 11.8 Å². The summed E-state index contributed by atoms with van der Waals surface area (Å²) in [4.78, 5) is 28.6. The van der Waals surface area contributed by atoms with Gasteiger partial charge in [0.2, 0.25) is 11.8 Å². The minimum absolute atomic E-state index is 0.0237. The molecule has 0 radical (unpaired) electrons. The number of amides is 2. The summed E-state index contributed by atoms with van der Waals surface area (Å²) in [6.45, 7) is 3.86. The molecule has 2 aliphatic heterocycles. The molecule has 2 aliphatic rings. The molecule has 0 spiro atoms. The lowest BCUT2D eigenvalue weighted by Gasteiger charge is -2.35. The number of benzene rings is 1. The van der Waals surface area contributed by atoms with Crippen LogP contribution in [0.2, 0.25) is 0 Å². The first kappa shape index (κ1) is 18.8. The summed E-state index contributed by atoms with van der Waals surface area (Å²) in [6.07, 6.45) is 3.11. The first-order valence-electron chi connectivity index (χ1n) is 9.53. The molecule has 3 rings (SSSR count). The topological polar surface area (TPSA) is 49.9 Å². The summed E-state index contributed by atoms with van der Waals surface area (Å²) < 4.78 is 18.9. The van der Waals surface area contributed by atoms with E-state index in [0.29, 0.717) is 64.2 Å². The van der Waals surface area contributed by atoms with Crippen molar-refractivity contribution in [1.82, 2.24) is 9.80 Å². The Bertz CT molecular complexity index is 623. The standard InChI is InChI=1S/C20H27FN2O3/c21-18-6-2-1-4-16(18)5-3-7-19(24)22-10-8-17(9-11-22)20(25)23-12-14-26-15-13-23/h1-2,4,6,17H,3,5,7-15H2. The van der Waals surface area contributed by atoms with Gasteiger partial charge in [-0.15, -0.1) is 0 Å². The van der Waals surface area contributed by atoms with Gasteiger partial charge in [-0.1, -0.05) is 18.2 Å². The van der Waals surface area contributed by atoms with E-state index in [0.717, 1.165) is 12.8 Å². The number of ether oxygens (including phenoxy) is 1. The van der Waals surface area contributed by atoms with E-state index in [1.807, 2.05) is 15.9 Å². The number of halogens is 1. The average Bonchev–Trinajstić information content (AvgIpc) is 2.69. The van der Waals surface area contributed by atoms with Crippen molar-refractivity contribution in [2.75, 3.05) is 39.4 Å². The molecule has 0 N–H and O–H groups in total. The lowest BCUT2D eigenvalue weighted by molar-refractivity contribution is -0.143. The SMILES string of the molecule is O=C(CCCc1ccccc1F)N1CCC(C(=O)N2CCOCC2)CC1. The van der Waals surface area contributed by atoms with Crippen molar-refractivity contribution in [1.29, 1.82) is 0 Å². The normalized spacial score (nSPS) is 18.8. The number of morpholine rings is 1. The molecule has 1 aromatic carbocycles. The highest BCUT2D eigenvalue weighted by Gasteiger charge is 2.30. The molecule has 142 valence electrons. The fourth-order valence-electron chi connectivity index (χ4n) is 3.71. The molecular formula is C20H27FN2O3. The summed E-state index contributed by atoms with van der Waals surface area (Å²) >= 11 is 0. The van der Waals surface area contributed by atoms with Gasteiger partial charge in [0.15, 0.2) is 0 Å². The van der Waals surface area contributed by atoms with Crippen LogP contribution in [0.3, 0.4) is 0 Å². The second-order valence-electron chi connectivity index (χ2n) is 7.04. The van der Waals surface area contributed by atoms with E-state index >= 15 is 0 Å². The maximum Gasteiger partial charge on any atom is 0.225 e. The molecule has 0 aromatic heterocycles. The predicted octanol–water partition coefficient (Wildman–Crippen LogP) is 2.25. The quantitative estimate of drug-likeness (QED) is 0.807. The Morgan fingerprint density at radius 2 is 1.73 bits per heavy atom. The second kappa shape index (κ2) is 9.12. The van der Waals surface area contributed by atoms with Crippen LogP contribution in [0.25, 0.3) is 0 Å². The minimum Gasteiger partial charge on any atom is -0.378 e. The summed E-state index contributed by atoms with van der Waals surface area (Å²) in [5.74, 6) is 0.136. The molecule has 2 fully saturated rings. The first-order valence-corrected chi connectivity index (χ1v) is 9.53. The van der Waals surface area contributed by atoms with Gasteiger partial charge in [0.25, 0.3) is 0 Å². The maximum atomic E-state index is 13.6. The van der Waals surface area contributed by atoms with E-state index in [-0.39, 0.29) is 23.5 Å². The third-order valence-corrected chi connectivity index (χ3v) is 5.31. The Kier molecular flexibility index (Phi) is 6.61. The van der Waals surface area contributed by atoms with Crippen LogP contribution in [0.1, 0.15) is 31.2 Å². The van der Waals surface area contributed by atoms with Crippen LogP contribution in [-0.2, 0) is 20.7 Å². The molecule has 5 nitrogen and oxygen atoms in total. The molecule has 0 unspecified atom stereocenters. The molecule has 6 heteroatoms. The number of likely N-dealkylation sites (tertiary alicyclic amines) is 1. The molecule has 0 bridgehead atoms. The maximum absolute atomic E-state index is 13.6. The lowest BCUT2D eigenvalue weighted by atomic mass is 9.94. The van der Waals surface area contributed by atoms with Crippen LogP contribution in [0.4, 0.5) is 4.39 Å². The number of piperidine rings is 1. The highest BCUT2D eigenvalue weighted by Crippen LogP contribution is 2.21. The Labute approximate surface area is 154 Å². The van der Waals surface area contributed by atoms with Gasteiger partial charge >= 0.3 is 0 Å². The molecule has 2 amide bonds. The number of rotatable bonds is 5. The molecule has 0 aliphatic carbocycles. The zero-order valence-electron chi connectivity index (χ0n) is 15.2. The number of nitrogens with zero attached hydrogens (tertiary/aromatic N) is 2. The number of aryl methyl sites for hydroxylation is 1. The van der Waals surface area contributed by atoms with Gasteiger partial charge in [0.05, 0.1) is 13.2 Å². The average molecular weight is 362 g/mol. The zero-order valence-corrected chi connectivity index (χ0v) is 15.2. The molecule has 0 atom stereocenters. The minimum atomic E-state index is -0.206. The number of hydrogen-bond acceptors (Lipinski definition) is 3. The molecule has 1 aromatic rings. The van der Waals surface area contributed by atoms with Crippen molar-refractivity contribution in [2.45, 2.75) is 32.1 Å². The van der Waals surface area contributed by atoms with Crippen LogP contribution in [0, 0.1) is 11.7 Å². The zero-order chi connectivity index (χ0) is 18.4. The van der Waals surface area contributed by atoms with E-state index in [1.165, 1.54) is 6.07 Å². The third kappa shape index (κ3) is 4.81. The monoisotopic (exact) mass is 362 g/mol. The molecule has 2 heterocycles. The van der Waals surface area contributed by atoms with E-state index in [9.17, 15) is 14.0 Å². The Morgan fingerprint density at radius 3 is 2.42 bits per heavy atom. The lowest BCUT2D eigenvalue weighted by Crippen LogP contribution is -2.47. The number of carbonyl (C=O) groups is 2. The molecule has 2 saturated heterocycles. The van der Waals surface area contributed by atoms with Crippen molar-refractivity contribution in [3.05, 3.63) is 35.6 Å². The molecule has 26 heavy (non-hydrogen) atoms. The fraction of sp³-hybridized carbons (Fsp3) is 0.600. The fourth-order valence-corrected chi connectivity index (χ4v) is 3.71. The Morgan fingerprint density at radius 1 is 1.04 bits per heavy atom. The van der Waals surface area contributed by atoms with Crippen molar-refractivity contribution < 1.29 is 18.7 Å². The van der Waals surface area contributed by atoms with Crippen LogP contribution >= 0.6 is 0 Å². The smallest absolute Gasteiger partial charge is 0.225 e. The second-order valence-corrected chi connectivity index (χ2v) is 7.04. The van der Waals surface area contributed by atoms with E-state index in [2.05, 4.69) is 0 Å². The Hall–Kier alpha value is -1.95. The van der Waals surface area contributed by atoms with Gasteiger partial charge < -0.3 is 14.5 Å². The van der Waals surface area contributed by atoms with Crippen molar-refractivity contribution in [3.8, 4) is 0 Å². The summed E-state index contributed by atoms with van der Waals surface area (Å²) in [7, 11) is 0.